The van der Waals surface area contributed by atoms with Gasteiger partial charge in [-0.1, -0.05) is 11.3 Å². The van der Waals surface area contributed by atoms with Gasteiger partial charge in [-0.05, 0) is 31.0 Å². The number of carbonyl (C=O) groups is 1. The molecule has 0 unspecified atom stereocenters. The van der Waals surface area contributed by atoms with Crippen LogP contribution in [0, 0.1) is 11.7 Å². The number of fused-ring (bicyclic) bond motifs is 1. The monoisotopic (exact) mass is 292 g/mol. The van der Waals surface area contributed by atoms with Gasteiger partial charge in [0.1, 0.15) is 11.9 Å². The first kappa shape index (κ1) is 12.1. The van der Waals surface area contributed by atoms with Crippen LogP contribution in [0.15, 0.2) is 18.2 Å². The smallest absolute Gasteiger partial charge is 0.309 e. The molecule has 2 heterocycles. The summed E-state index contributed by atoms with van der Waals surface area (Å²) in [6.07, 6.45) is 1.92. The summed E-state index contributed by atoms with van der Waals surface area (Å²) in [4.78, 5) is 18.1. The number of benzene rings is 1. The Morgan fingerprint density at radius 2 is 2.20 bits per heavy atom. The number of carbonyl (C=O) groups excluding carboxylic acids is 1. The number of anilines is 1. The third-order valence-electron chi connectivity index (χ3n) is 3.65. The molecule has 104 valence electrons. The molecule has 20 heavy (non-hydrogen) atoms. The number of halogens is 1. The fraction of sp³-hybridized carbons (Fsp3) is 0.429. The Labute approximate surface area is 119 Å². The van der Waals surface area contributed by atoms with Gasteiger partial charge in [0.2, 0.25) is 0 Å². The highest BCUT2D eigenvalue weighted by atomic mass is 32.1. The number of hydrogen-bond acceptors (Lipinski definition) is 5. The number of nitrogens with zero attached hydrogens (tertiary/aromatic N) is 2. The van der Waals surface area contributed by atoms with Gasteiger partial charge in [0.25, 0.3) is 0 Å². The third-order valence-corrected chi connectivity index (χ3v) is 4.73. The minimum atomic E-state index is -0.243. The summed E-state index contributed by atoms with van der Waals surface area (Å²) in [5.74, 6) is -0.150. The van der Waals surface area contributed by atoms with Gasteiger partial charge in [0.15, 0.2) is 5.13 Å². The van der Waals surface area contributed by atoms with Crippen LogP contribution in [0.4, 0.5) is 9.52 Å². The molecule has 2 aliphatic rings. The van der Waals surface area contributed by atoms with Crippen molar-refractivity contribution in [2.24, 2.45) is 5.92 Å². The van der Waals surface area contributed by atoms with Crippen LogP contribution in [0.1, 0.15) is 12.8 Å². The maximum atomic E-state index is 13.1. The van der Waals surface area contributed by atoms with Crippen molar-refractivity contribution in [2.45, 2.75) is 18.9 Å². The van der Waals surface area contributed by atoms with Gasteiger partial charge in [0, 0.05) is 0 Å². The molecule has 1 saturated heterocycles. The van der Waals surface area contributed by atoms with Gasteiger partial charge in [0.05, 0.1) is 29.2 Å². The maximum Gasteiger partial charge on any atom is 0.309 e. The van der Waals surface area contributed by atoms with Crippen molar-refractivity contribution in [3.8, 4) is 0 Å². The second-order valence-corrected chi connectivity index (χ2v) is 6.36. The predicted octanol–water partition coefficient (Wildman–Crippen LogP) is 2.58. The molecule has 2 fully saturated rings. The minimum Gasteiger partial charge on any atom is -0.458 e. The summed E-state index contributed by atoms with van der Waals surface area (Å²) >= 11 is 1.47. The lowest BCUT2D eigenvalue weighted by Crippen LogP contribution is -2.53. The highest BCUT2D eigenvalue weighted by Crippen LogP contribution is 2.34. The number of esters is 1. The van der Waals surface area contributed by atoms with Gasteiger partial charge < -0.3 is 9.64 Å². The second kappa shape index (κ2) is 4.41. The molecule has 1 aromatic heterocycles. The van der Waals surface area contributed by atoms with E-state index in [-0.39, 0.29) is 23.8 Å². The fourth-order valence-corrected chi connectivity index (χ4v) is 3.28. The highest BCUT2D eigenvalue weighted by molar-refractivity contribution is 7.22. The van der Waals surface area contributed by atoms with Crippen LogP contribution in [0.3, 0.4) is 0 Å². The quantitative estimate of drug-likeness (QED) is 0.816. The molecule has 2 aromatic rings. The van der Waals surface area contributed by atoms with E-state index >= 15 is 0 Å². The third kappa shape index (κ3) is 2.14. The van der Waals surface area contributed by atoms with Crippen LogP contribution >= 0.6 is 11.3 Å². The highest BCUT2D eigenvalue weighted by Gasteiger charge is 2.37. The van der Waals surface area contributed by atoms with Gasteiger partial charge in [-0.15, -0.1) is 0 Å². The fourth-order valence-electron chi connectivity index (χ4n) is 2.27. The predicted molar refractivity (Wildman–Crippen MR) is 74.4 cm³/mol. The largest absolute Gasteiger partial charge is 0.458 e. The molecule has 1 aliphatic carbocycles. The first-order valence-corrected chi connectivity index (χ1v) is 7.52. The van der Waals surface area contributed by atoms with Crippen LogP contribution in [0.25, 0.3) is 10.2 Å². The molecule has 4 nitrogen and oxygen atoms in total. The zero-order valence-corrected chi connectivity index (χ0v) is 11.5. The normalized spacial score (nSPS) is 19.1. The van der Waals surface area contributed by atoms with Crippen LogP contribution in [0.5, 0.6) is 0 Å². The number of aromatic nitrogens is 1. The van der Waals surface area contributed by atoms with E-state index in [4.69, 9.17) is 4.74 Å². The lowest BCUT2D eigenvalue weighted by atomic mass is 10.2. The van der Waals surface area contributed by atoms with Gasteiger partial charge in [-0.25, -0.2) is 9.37 Å². The zero-order valence-electron chi connectivity index (χ0n) is 10.7. The minimum absolute atomic E-state index is 0.0214. The summed E-state index contributed by atoms with van der Waals surface area (Å²) in [7, 11) is 0. The van der Waals surface area contributed by atoms with Gasteiger partial charge >= 0.3 is 5.97 Å². The van der Waals surface area contributed by atoms with Crippen molar-refractivity contribution < 1.29 is 13.9 Å². The van der Waals surface area contributed by atoms with E-state index in [1.807, 2.05) is 0 Å². The molecular formula is C14H13FN2O2S. The summed E-state index contributed by atoms with van der Waals surface area (Å²) < 4.78 is 19.4. The van der Waals surface area contributed by atoms with Crippen LogP contribution in [-0.2, 0) is 9.53 Å². The van der Waals surface area contributed by atoms with E-state index in [0.29, 0.717) is 13.1 Å². The van der Waals surface area contributed by atoms with Crippen molar-refractivity contribution >= 4 is 32.7 Å². The summed E-state index contributed by atoms with van der Waals surface area (Å²) in [6.45, 7) is 1.36. The molecular weight excluding hydrogens is 279 g/mol. The summed E-state index contributed by atoms with van der Waals surface area (Å²) in [5, 5.41) is 0.865. The van der Waals surface area contributed by atoms with E-state index in [1.54, 1.807) is 6.07 Å². The van der Waals surface area contributed by atoms with Crippen molar-refractivity contribution in [1.29, 1.82) is 0 Å². The molecule has 6 heteroatoms. The Bertz CT molecular complexity index is 677. The average Bonchev–Trinajstić information content (AvgIpc) is 3.14. The van der Waals surface area contributed by atoms with E-state index < -0.39 is 0 Å². The molecule has 1 saturated carbocycles. The number of ether oxygens (including phenoxy) is 1. The lowest BCUT2D eigenvalue weighted by Gasteiger charge is -2.38. The van der Waals surface area contributed by atoms with E-state index in [0.717, 1.165) is 28.2 Å². The first-order chi connectivity index (χ1) is 9.69. The Kier molecular flexibility index (Phi) is 2.66. The Balaban J connectivity index is 1.42. The molecule has 0 amide bonds. The zero-order chi connectivity index (χ0) is 13.7. The van der Waals surface area contributed by atoms with Crippen molar-refractivity contribution in [1.82, 2.24) is 4.98 Å². The second-order valence-electron chi connectivity index (χ2n) is 5.35. The van der Waals surface area contributed by atoms with Gasteiger partial charge in [-0.2, -0.15) is 0 Å². The van der Waals surface area contributed by atoms with E-state index in [9.17, 15) is 9.18 Å². The van der Waals surface area contributed by atoms with E-state index in [1.165, 1.54) is 23.5 Å². The standard InChI is InChI=1S/C14H13FN2O2S/c15-9-3-4-11-12(5-9)20-14(16-11)17-6-10(7-17)19-13(18)8-1-2-8/h3-5,8,10H,1-2,6-7H2. The number of hydrogen-bond donors (Lipinski definition) is 0. The topological polar surface area (TPSA) is 42.4 Å². The first-order valence-electron chi connectivity index (χ1n) is 6.70. The summed E-state index contributed by atoms with van der Waals surface area (Å²) in [6, 6.07) is 4.61. The molecule has 0 bridgehead atoms. The average molecular weight is 292 g/mol. The maximum absolute atomic E-state index is 13.1. The van der Waals surface area contributed by atoms with Crippen molar-refractivity contribution in [2.75, 3.05) is 18.0 Å². The SMILES string of the molecule is O=C(OC1CN(c2nc3ccc(F)cc3s2)C1)C1CC1. The number of thiazole rings is 1. The molecule has 0 N–H and O–H groups in total. The number of rotatable bonds is 3. The molecule has 0 atom stereocenters. The summed E-state index contributed by atoms with van der Waals surface area (Å²) in [5.41, 5.74) is 0.810. The van der Waals surface area contributed by atoms with E-state index in [2.05, 4.69) is 9.88 Å². The van der Waals surface area contributed by atoms with Gasteiger partial charge in [-0.3, -0.25) is 4.79 Å². The molecule has 0 spiro atoms. The molecule has 0 radical (unpaired) electrons. The molecule has 1 aromatic carbocycles. The molecule has 1 aliphatic heterocycles. The lowest BCUT2D eigenvalue weighted by molar-refractivity contribution is -0.151. The van der Waals surface area contributed by atoms with Crippen LogP contribution < -0.4 is 4.90 Å². The Morgan fingerprint density at radius 1 is 1.40 bits per heavy atom. The molecule has 4 rings (SSSR count). The Hall–Kier alpha value is -1.69. The van der Waals surface area contributed by atoms with Crippen LogP contribution in [-0.4, -0.2) is 30.1 Å². The van der Waals surface area contributed by atoms with Crippen molar-refractivity contribution in [3.05, 3.63) is 24.0 Å². The Morgan fingerprint density at radius 3 is 2.95 bits per heavy atom. The van der Waals surface area contributed by atoms with Crippen molar-refractivity contribution in [3.63, 3.8) is 0 Å². The van der Waals surface area contributed by atoms with Crippen LogP contribution in [0.2, 0.25) is 0 Å².